The highest BCUT2D eigenvalue weighted by molar-refractivity contribution is 6.22. The number of benzene rings is 1. The molecule has 104 valence electrons. The Morgan fingerprint density at radius 1 is 1.10 bits per heavy atom. The van der Waals surface area contributed by atoms with E-state index in [1.54, 1.807) is 24.4 Å². The first-order valence-electron chi connectivity index (χ1n) is 6.27. The molecule has 0 bridgehead atoms. The van der Waals surface area contributed by atoms with E-state index in [4.69, 9.17) is 0 Å². The summed E-state index contributed by atoms with van der Waals surface area (Å²) >= 11 is 0. The molecule has 0 aliphatic carbocycles. The number of imide groups is 1. The fraction of sp³-hybridized carbons (Fsp3) is 0.0667. The number of anilines is 1. The number of pyridine rings is 1. The summed E-state index contributed by atoms with van der Waals surface area (Å²) in [6, 6.07) is 9.59. The second-order valence-electron chi connectivity index (χ2n) is 4.60. The molecule has 2 heterocycles. The lowest BCUT2D eigenvalue weighted by Crippen LogP contribution is -2.24. The number of nitrogens with zero attached hydrogens (tertiary/aromatic N) is 2. The van der Waals surface area contributed by atoms with E-state index in [2.05, 4.69) is 10.3 Å². The SMILES string of the molecule is CN1C(=O)c2ccc(C(=O)Nc3ccccn3)cc2C1=O. The summed E-state index contributed by atoms with van der Waals surface area (Å²) in [5, 5.41) is 2.63. The van der Waals surface area contributed by atoms with E-state index in [-0.39, 0.29) is 17.4 Å². The topological polar surface area (TPSA) is 79.4 Å². The Kier molecular flexibility index (Phi) is 2.98. The van der Waals surface area contributed by atoms with Gasteiger partial charge in [0.25, 0.3) is 17.7 Å². The minimum atomic E-state index is -0.400. The van der Waals surface area contributed by atoms with Gasteiger partial charge in [0.1, 0.15) is 5.82 Å². The van der Waals surface area contributed by atoms with Gasteiger partial charge in [0, 0.05) is 18.8 Å². The van der Waals surface area contributed by atoms with Gasteiger partial charge in [-0.15, -0.1) is 0 Å². The molecule has 0 radical (unpaired) electrons. The van der Waals surface area contributed by atoms with Crippen LogP contribution in [0.3, 0.4) is 0 Å². The zero-order chi connectivity index (χ0) is 15.0. The number of carbonyl (C=O) groups excluding carboxylic acids is 3. The Labute approximate surface area is 120 Å². The van der Waals surface area contributed by atoms with E-state index in [1.165, 1.54) is 25.2 Å². The minimum Gasteiger partial charge on any atom is -0.307 e. The first-order chi connectivity index (χ1) is 10.1. The molecular weight excluding hydrogens is 270 g/mol. The van der Waals surface area contributed by atoms with E-state index >= 15 is 0 Å². The number of hydrogen-bond acceptors (Lipinski definition) is 4. The highest BCUT2D eigenvalue weighted by atomic mass is 16.2. The number of hydrogen-bond donors (Lipinski definition) is 1. The summed E-state index contributed by atoms with van der Waals surface area (Å²) in [7, 11) is 1.41. The second-order valence-corrected chi connectivity index (χ2v) is 4.60. The smallest absolute Gasteiger partial charge is 0.261 e. The summed E-state index contributed by atoms with van der Waals surface area (Å²) in [6.45, 7) is 0. The summed E-state index contributed by atoms with van der Waals surface area (Å²) < 4.78 is 0. The van der Waals surface area contributed by atoms with E-state index in [0.717, 1.165) is 4.90 Å². The molecule has 0 spiro atoms. The Hall–Kier alpha value is -3.02. The van der Waals surface area contributed by atoms with Gasteiger partial charge in [-0.2, -0.15) is 0 Å². The monoisotopic (exact) mass is 281 g/mol. The molecule has 1 N–H and O–H groups in total. The first-order valence-corrected chi connectivity index (χ1v) is 6.27. The van der Waals surface area contributed by atoms with Crippen LogP contribution in [-0.2, 0) is 0 Å². The zero-order valence-corrected chi connectivity index (χ0v) is 11.2. The molecule has 3 amide bonds. The van der Waals surface area contributed by atoms with Crippen molar-refractivity contribution < 1.29 is 14.4 Å². The number of aromatic nitrogens is 1. The molecule has 0 unspecified atom stereocenters. The molecule has 3 rings (SSSR count). The Morgan fingerprint density at radius 2 is 1.86 bits per heavy atom. The van der Waals surface area contributed by atoms with E-state index in [0.29, 0.717) is 16.9 Å². The summed E-state index contributed by atoms with van der Waals surface area (Å²) in [6.07, 6.45) is 1.56. The quantitative estimate of drug-likeness (QED) is 0.847. The highest BCUT2D eigenvalue weighted by Crippen LogP contribution is 2.23. The van der Waals surface area contributed by atoms with Gasteiger partial charge < -0.3 is 5.32 Å². The maximum absolute atomic E-state index is 12.1. The van der Waals surface area contributed by atoms with Crippen molar-refractivity contribution in [2.45, 2.75) is 0 Å². The fourth-order valence-electron chi connectivity index (χ4n) is 2.13. The molecule has 2 aromatic rings. The second kappa shape index (κ2) is 4.82. The molecule has 1 aromatic heterocycles. The van der Waals surface area contributed by atoms with Crippen LogP contribution in [0.2, 0.25) is 0 Å². The number of nitrogens with one attached hydrogen (secondary N) is 1. The van der Waals surface area contributed by atoms with Gasteiger partial charge in [0.15, 0.2) is 0 Å². The molecule has 0 saturated heterocycles. The van der Waals surface area contributed by atoms with E-state index in [1.807, 2.05) is 0 Å². The van der Waals surface area contributed by atoms with Gasteiger partial charge in [0.2, 0.25) is 0 Å². The van der Waals surface area contributed by atoms with Crippen molar-refractivity contribution >= 4 is 23.5 Å². The zero-order valence-electron chi connectivity index (χ0n) is 11.2. The molecule has 1 aliphatic rings. The van der Waals surface area contributed by atoms with Gasteiger partial charge in [-0.25, -0.2) is 4.98 Å². The Balaban J connectivity index is 1.90. The van der Waals surface area contributed by atoms with Crippen LogP contribution in [0.4, 0.5) is 5.82 Å². The van der Waals surface area contributed by atoms with Crippen molar-refractivity contribution in [3.63, 3.8) is 0 Å². The average Bonchev–Trinajstić information content (AvgIpc) is 2.73. The van der Waals surface area contributed by atoms with Crippen molar-refractivity contribution in [3.05, 3.63) is 59.3 Å². The molecular formula is C15H11N3O3. The van der Waals surface area contributed by atoms with Crippen LogP contribution in [-0.4, -0.2) is 34.7 Å². The first kappa shape index (κ1) is 13.0. The number of amides is 3. The van der Waals surface area contributed by atoms with Crippen LogP contribution >= 0.6 is 0 Å². The van der Waals surface area contributed by atoms with Crippen LogP contribution in [0.5, 0.6) is 0 Å². The van der Waals surface area contributed by atoms with Gasteiger partial charge in [0.05, 0.1) is 11.1 Å². The molecule has 6 nitrogen and oxygen atoms in total. The average molecular weight is 281 g/mol. The maximum atomic E-state index is 12.1. The molecule has 1 aromatic carbocycles. The van der Waals surface area contributed by atoms with Crippen molar-refractivity contribution in [3.8, 4) is 0 Å². The van der Waals surface area contributed by atoms with Crippen molar-refractivity contribution in [2.24, 2.45) is 0 Å². The third-order valence-electron chi connectivity index (χ3n) is 3.26. The molecule has 1 aliphatic heterocycles. The third-order valence-corrected chi connectivity index (χ3v) is 3.26. The number of carbonyl (C=O) groups is 3. The predicted octanol–water partition coefficient (Wildman–Crippen LogP) is 1.56. The normalized spacial score (nSPS) is 13.3. The van der Waals surface area contributed by atoms with Crippen LogP contribution in [0.15, 0.2) is 42.6 Å². The molecule has 6 heteroatoms. The third kappa shape index (κ3) is 2.16. The number of fused-ring (bicyclic) bond motifs is 1. The van der Waals surface area contributed by atoms with Crippen LogP contribution in [0.1, 0.15) is 31.1 Å². The lowest BCUT2D eigenvalue weighted by Gasteiger charge is -2.05. The summed E-state index contributed by atoms with van der Waals surface area (Å²) in [4.78, 5) is 40.8. The predicted molar refractivity (Wildman–Crippen MR) is 75.1 cm³/mol. The Morgan fingerprint density at radius 3 is 2.57 bits per heavy atom. The Bertz CT molecular complexity index is 756. The van der Waals surface area contributed by atoms with Crippen LogP contribution < -0.4 is 5.32 Å². The lowest BCUT2D eigenvalue weighted by atomic mass is 10.1. The van der Waals surface area contributed by atoms with Crippen LogP contribution in [0, 0.1) is 0 Å². The minimum absolute atomic E-state index is 0.246. The fourth-order valence-corrected chi connectivity index (χ4v) is 2.13. The van der Waals surface area contributed by atoms with Crippen molar-refractivity contribution in [1.29, 1.82) is 0 Å². The largest absolute Gasteiger partial charge is 0.307 e. The lowest BCUT2D eigenvalue weighted by molar-refractivity contribution is 0.0693. The molecule has 0 saturated carbocycles. The number of rotatable bonds is 2. The van der Waals surface area contributed by atoms with Gasteiger partial charge in [-0.3, -0.25) is 19.3 Å². The summed E-state index contributed by atoms with van der Waals surface area (Å²) in [5.41, 5.74) is 0.865. The molecule has 0 atom stereocenters. The van der Waals surface area contributed by atoms with Gasteiger partial charge in [-0.05, 0) is 30.3 Å². The van der Waals surface area contributed by atoms with E-state index < -0.39 is 5.91 Å². The standard InChI is InChI=1S/C15H11N3O3/c1-18-14(20)10-6-5-9(8-11(10)15(18)21)13(19)17-12-4-2-3-7-16-12/h2-8H,1H3,(H,16,17,19). The van der Waals surface area contributed by atoms with E-state index in [9.17, 15) is 14.4 Å². The summed E-state index contributed by atoms with van der Waals surface area (Å²) in [5.74, 6) is -0.719. The highest BCUT2D eigenvalue weighted by Gasteiger charge is 2.33. The van der Waals surface area contributed by atoms with Gasteiger partial charge >= 0.3 is 0 Å². The maximum Gasteiger partial charge on any atom is 0.261 e. The molecule has 21 heavy (non-hydrogen) atoms. The van der Waals surface area contributed by atoms with Crippen LogP contribution in [0.25, 0.3) is 0 Å². The van der Waals surface area contributed by atoms with Crippen molar-refractivity contribution in [1.82, 2.24) is 9.88 Å². The van der Waals surface area contributed by atoms with Gasteiger partial charge in [-0.1, -0.05) is 6.07 Å². The molecule has 0 fully saturated rings. The van der Waals surface area contributed by atoms with Crippen molar-refractivity contribution in [2.75, 3.05) is 12.4 Å².